The third kappa shape index (κ3) is 3.09. The molecule has 6 unspecified atom stereocenters. The summed E-state index contributed by atoms with van der Waals surface area (Å²) in [4.78, 5) is 48.5. The third-order valence-electron chi connectivity index (χ3n) is 9.28. The van der Waals surface area contributed by atoms with Crippen LogP contribution in [-0.2, 0) is 33.4 Å². The van der Waals surface area contributed by atoms with Gasteiger partial charge in [-0.1, -0.05) is 0 Å². The molecule has 1 N–H and O–H groups in total. The lowest BCUT2D eigenvalue weighted by Gasteiger charge is -2.56. The average molecular weight is 504 g/mol. The Morgan fingerprint density at radius 3 is 2.03 bits per heavy atom. The van der Waals surface area contributed by atoms with Crippen molar-refractivity contribution < 1.29 is 56.1 Å². The number of hydrogen-bond donors (Lipinski definition) is 1. The van der Waals surface area contributed by atoms with Gasteiger partial charge in [0.05, 0.1) is 11.8 Å². The fourth-order valence-corrected chi connectivity index (χ4v) is 8.37. The second-order valence-electron chi connectivity index (χ2n) is 11.4. The molecular weight excluding hydrogens is 480 g/mol. The molecule has 12 heteroatoms. The van der Waals surface area contributed by atoms with Gasteiger partial charge in [0.2, 0.25) is 0 Å². The van der Waals surface area contributed by atoms with Crippen LogP contribution >= 0.6 is 0 Å². The standard InChI is InChI=1S/C23H24F4O8/c24-22(25,19(30)31)23(26,27)20(32)34-16-12-4-11-13(17(28)33-15(11)16)14(12)18(29)35-21-5-8-1-9(6-21)3-10(2-8)7-21/h8-16H,1-7H2,(H,30,31). The van der Waals surface area contributed by atoms with Crippen LogP contribution in [0, 0.1) is 41.4 Å². The zero-order valence-corrected chi connectivity index (χ0v) is 18.5. The van der Waals surface area contributed by atoms with Crippen molar-refractivity contribution in [2.24, 2.45) is 41.4 Å². The number of esters is 3. The van der Waals surface area contributed by atoms with Gasteiger partial charge in [-0.25, -0.2) is 9.59 Å². The maximum atomic E-state index is 14.0. The fourth-order valence-electron chi connectivity index (χ4n) is 8.37. The number of carboxylic acid groups (broad SMARTS) is 1. The number of hydrogen-bond acceptors (Lipinski definition) is 7. The van der Waals surface area contributed by atoms with Crippen molar-refractivity contribution >= 4 is 23.9 Å². The van der Waals surface area contributed by atoms with Crippen LogP contribution in [0.5, 0.6) is 0 Å². The smallest absolute Gasteiger partial charge is 0.415 e. The molecule has 7 fully saturated rings. The molecule has 6 bridgehead atoms. The molecule has 1 aliphatic heterocycles. The highest BCUT2D eigenvalue weighted by Gasteiger charge is 2.73. The van der Waals surface area contributed by atoms with E-state index in [-0.39, 0.29) is 6.42 Å². The number of fused-ring (bicyclic) bond motifs is 1. The minimum atomic E-state index is -5.70. The number of aliphatic carboxylic acids is 1. The lowest BCUT2D eigenvalue weighted by atomic mass is 9.54. The van der Waals surface area contributed by atoms with Crippen molar-refractivity contribution in [1.29, 1.82) is 0 Å². The van der Waals surface area contributed by atoms with Crippen LogP contribution in [0.3, 0.4) is 0 Å². The first-order chi connectivity index (χ1) is 16.3. The van der Waals surface area contributed by atoms with Gasteiger partial charge in [-0.15, -0.1) is 0 Å². The first kappa shape index (κ1) is 23.0. The quantitative estimate of drug-likeness (QED) is 0.333. The summed E-state index contributed by atoms with van der Waals surface area (Å²) in [5.41, 5.74) is -0.627. The molecule has 35 heavy (non-hydrogen) atoms. The Labute approximate surface area is 196 Å². The first-order valence-corrected chi connectivity index (χ1v) is 12.0. The van der Waals surface area contributed by atoms with E-state index in [4.69, 9.17) is 14.6 Å². The molecule has 1 saturated heterocycles. The zero-order chi connectivity index (χ0) is 25.1. The third-order valence-corrected chi connectivity index (χ3v) is 9.28. The second-order valence-corrected chi connectivity index (χ2v) is 11.4. The number of ether oxygens (including phenoxy) is 3. The van der Waals surface area contributed by atoms with Crippen LogP contribution < -0.4 is 0 Å². The summed E-state index contributed by atoms with van der Waals surface area (Å²) in [6, 6.07) is 0. The molecule has 0 aromatic carbocycles. The Balaban J connectivity index is 1.22. The van der Waals surface area contributed by atoms with Gasteiger partial charge in [0, 0.05) is 11.8 Å². The maximum Gasteiger partial charge on any atom is 0.415 e. The summed E-state index contributed by atoms with van der Waals surface area (Å²) in [6.07, 6.45) is 2.94. The van der Waals surface area contributed by atoms with Gasteiger partial charge < -0.3 is 19.3 Å². The van der Waals surface area contributed by atoms with Gasteiger partial charge in [0.15, 0.2) is 0 Å². The van der Waals surface area contributed by atoms with E-state index < -0.39 is 77.2 Å². The molecule has 0 radical (unpaired) electrons. The van der Waals surface area contributed by atoms with Crippen molar-refractivity contribution in [1.82, 2.24) is 0 Å². The van der Waals surface area contributed by atoms with Gasteiger partial charge in [-0.3, -0.25) is 9.59 Å². The van der Waals surface area contributed by atoms with E-state index in [0.29, 0.717) is 17.8 Å². The highest BCUT2D eigenvalue weighted by atomic mass is 19.3. The molecule has 6 aliphatic carbocycles. The molecule has 0 aromatic rings. The van der Waals surface area contributed by atoms with E-state index >= 15 is 0 Å². The van der Waals surface area contributed by atoms with E-state index in [1.54, 1.807) is 0 Å². The number of alkyl halides is 4. The monoisotopic (exact) mass is 504 g/mol. The highest BCUT2D eigenvalue weighted by Crippen LogP contribution is 2.61. The fraction of sp³-hybridized carbons (Fsp3) is 0.826. The summed E-state index contributed by atoms with van der Waals surface area (Å²) in [7, 11) is 0. The SMILES string of the molecule is O=C1OC2C3CC(C2OC(=O)C(F)(F)C(F)(F)C(=O)O)C(C(=O)OC24CC5CC(CC(C5)C2)C4)C13. The van der Waals surface area contributed by atoms with Crippen LogP contribution in [0.2, 0.25) is 0 Å². The Morgan fingerprint density at radius 2 is 1.49 bits per heavy atom. The van der Waals surface area contributed by atoms with Crippen molar-refractivity contribution in [3.05, 3.63) is 0 Å². The van der Waals surface area contributed by atoms with E-state index in [1.807, 2.05) is 0 Å². The Morgan fingerprint density at radius 1 is 0.914 bits per heavy atom. The number of carbonyl (C=O) groups is 4. The van der Waals surface area contributed by atoms with Crippen molar-refractivity contribution in [3.63, 3.8) is 0 Å². The van der Waals surface area contributed by atoms with Crippen LogP contribution in [0.15, 0.2) is 0 Å². The van der Waals surface area contributed by atoms with Crippen molar-refractivity contribution in [2.45, 2.75) is 74.6 Å². The minimum Gasteiger partial charge on any atom is -0.477 e. The molecule has 1 heterocycles. The predicted molar refractivity (Wildman–Crippen MR) is 103 cm³/mol. The number of carbonyl (C=O) groups excluding carboxylic acids is 3. The Kier molecular flexibility index (Phi) is 4.66. The van der Waals surface area contributed by atoms with E-state index in [2.05, 4.69) is 4.74 Å². The van der Waals surface area contributed by atoms with Crippen LogP contribution in [0.25, 0.3) is 0 Å². The predicted octanol–water partition coefficient (Wildman–Crippen LogP) is 2.57. The summed E-state index contributed by atoms with van der Waals surface area (Å²) >= 11 is 0. The molecule has 0 amide bonds. The number of rotatable bonds is 6. The molecule has 6 saturated carbocycles. The normalized spacial score (nSPS) is 44.9. The second kappa shape index (κ2) is 7.09. The summed E-state index contributed by atoms with van der Waals surface area (Å²) in [5.74, 6) is -20.8. The largest absolute Gasteiger partial charge is 0.477 e. The molecule has 0 spiro atoms. The molecule has 8 nitrogen and oxygen atoms in total. The lowest BCUT2D eigenvalue weighted by Crippen LogP contribution is -2.56. The van der Waals surface area contributed by atoms with Gasteiger partial charge in [-0.2, -0.15) is 17.6 Å². The van der Waals surface area contributed by atoms with Crippen LogP contribution in [0.4, 0.5) is 17.6 Å². The average Bonchev–Trinajstić information content (AvgIpc) is 3.35. The molecule has 6 atom stereocenters. The molecule has 0 aromatic heterocycles. The van der Waals surface area contributed by atoms with Gasteiger partial charge >= 0.3 is 35.7 Å². The molecular formula is C23H24F4O8. The van der Waals surface area contributed by atoms with Gasteiger partial charge in [-0.05, 0) is 62.7 Å². The van der Waals surface area contributed by atoms with Crippen molar-refractivity contribution in [2.75, 3.05) is 0 Å². The lowest BCUT2D eigenvalue weighted by molar-refractivity contribution is -0.241. The molecule has 192 valence electrons. The summed E-state index contributed by atoms with van der Waals surface area (Å²) in [6.45, 7) is 0. The van der Waals surface area contributed by atoms with Gasteiger partial charge in [0.25, 0.3) is 0 Å². The first-order valence-electron chi connectivity index (χ1n) is 12.0. The van der Waals surface area contributed by atoms with Crippen molar-refractivity contribution in [3.8, 4) is 0 Å². The van der Waals surface area contributed by atoms with Crippen LogP contribution in [-0.4, -0.2) is 58.6 Å². The number of halogens is 4. The summed E-state index contributed by atoms with van der Waals surface area (Å²) < 4.78 is 70.9. The molecule has 7 aliphatic rings. The minimum absolute atomic E-state index is 0.139. The van der Waals surface area contributed by atoms with E-state index in [1.165, 1.54) is 0 Å². The Bertz CT molecular complexity index is 976. The summed E-state index contributed by atoms with van der Waals surface area (Å²) in [5, 5.41) is 8.43. The highest BCUT2D eigenvalue weighted by molar-refractivity contribution is 5.90. The van der Waals surface area contributed by atoms with Crippen LogP contribution in [0.1, 0.15) is 44.9 Å². The zero-order valence-electron chi connectivity index (χ0n) is 18.5. The topological polar surface area (TPSA) is 116 Å². The Hall–Kier alpha value is -2.40. The molecule has 7 rings (SSSR count). The van der Waals surface area contributed by atoms with E-state index in [9.17, 15) is 36.7 Å². The number of carboxylic acids is 1. The maximum absolute atomic E-state index is 14.0. The van der Waals surface area contributed by atoms with E-state index in [0.717, 1.165) is 38.5 Å². The van der Waals surface area contributed by atoms with Gasteiger partial charge in [0.1, 0.15) is 17.8 Å².